The van der Waals surface area contributed by atoms with Crippen molar-refractivity contribution in [2.45, 2.75) is 20.8 Å². The molecule has 158 valence electrons. The molecule has 0 radical (unpaired) electrons. The van der Waals surface area contributed by atoms with E-state index in [1.54, 1.807) is 25.1 Å². The van der Waals surface area contributed by atoms with Crippen LogP contribution in [0.4, 0.5) is 5.13 Å². The Bertz CT molecular complexity index is 1230. The predicted octanol–water partition coefficient (Wildman–Crippen LogP) is 3.70. The first kappa shape index (κ1) is 21.8. The molecule has 1 aromatic carbocycles. The van der Waals surface area contributed by atoms with Crippen LogP contribution in [0.3, 0.4) is 0 Å². The van der Waals surface area contributed by atoms with Crippen LogP contribution in [0.15, 0.2) is 47.0 Å². The normalized spacial score (nSPS) is 11.5. The molecule has 0 saturated heterocycles. The number of methoxy groups -OCH3 is 1. The summed E-state index contributed by atoms with van der Waals surface area (Å²) in [6, 6.07) is 11.0. The van der Waals surface area contributed by atoms with Gasteiger partial charge in [-0.15, -0.1) is 11.3 Å². The minimum atomic E-state index is -0.786. The highest BCUT2D eigenvalue weighted by Crippen LogP contribution is 2.32. The Kier molecular flexibility index (Phi) is 6.22. The van der Waals surface area contributed by atoms with E-state index in [9.17, 15) is 9.59 Å². The molecule has 0 spiro atoms. The molecule has 0 bridgehead atoms. The highest BCUT2D eigenvalue weighted by Gasteiger charge is 2.16. The number of allylic oxidation sites excluding steroid dienone is 1. The molecule has 9 heteroatoms. The maximum absolute atomic E-state index is 11.7. The van der Waals surface area contributed by atoms with Gasteiger partial charge in [0.1, 0.15) is 11.6 Å². The van der Waals surface area contributed by atoms with Gasteiger partial charge < -0.3 is 20.4 Å². The number of nitrogens with one attached hydrogen (secondary N) is 1. The molecule has 0 aliphatic heterocycles. The summed E-state index contributed by atoms with van der Waals surface area (Å²) in [5, 5.41) is 14.5. The number of primary amides is 1. The Labute approximate surface area is 183 Å². The molecule has 8 nitrogen and oxygen atoms in total. The molecule has 0 atom stereocenters. The van der Waals surface area contributed by atoms with Gasteiger partial charge in [0.05, 0.1) is 18.4 Å². The monoisotopic (exact) mass is 435 g/mol. The highest BCUT2D eigenvalue weighted by atomic mass is 32.1. The Balaban J connectivity index is 1.92. The second-order valence-corrected chi connectivity index (χ2v) is 7.66. The van der Waals surface area contributed by atoms with Crippen molar-refractivity contribution in [3.05, 3.63) is 63.9 Å². The number of carbonyl (C=O) groups excluding carboxylic acids is 2. The Morgan fingerprint density at radius 1 is 1.26 bits per heavy atom. The van der Waals surface area contributed by atoms with Crippen molar-refractivity contribution in [2.24, 2.45) is 5.73 Å². The smallest absolute Gasteiger partial charge is 0.337 e. The van der Waals surface area contributed by atoms with Gasteiger partial charge in [0.25, 0.3) is 5.91 Å². The van der Waals surface area contributed by atoms with E-state index in [2.05, 4.69) is 14.9 Å². The van der Waals surface area contributed by atoms with Crippen LogP contribution in [0.5, 0.6) is 0 Å². The van der Waals surface area contributed by atoms with Crippen LogP contribution >= 0.6 is 11.3 Å². The number of hydrogen-bond acceptors (Lipinski definition) is 7. The number of nitrogens with zero attached hydrogens (tertiary/aromatic N) is 3. The fourth-order valence-corrected chi connectivity index (χ4v) is 4.05. The molecule has 0 saturated carbocycles. The average molecular weight is 436 g/mol. The third-order valence-electron chi connectivity index (χ3n) is 4.79. The molecule has 31 heavy (non-hydrogen) atoms. The average Bonchev–Trinajstić information content (AvgIpc) is 3.31. The molecule has 0 aliphatic carbocycles. The molecule has 3 rings (SSSR count). The van der Waals surface area contributed by atoms with Crippen molar-refractivity contribution >= 4 is 28.3 Å². The number of anilines is 1. The van der Waals surface area contributed by atoms with Crippen LogP contribution < -0.4 is 11.1 Å². The van der Waals surface area contributed by atoms with Gasteiger partial charge in [0.2, 0.25) is 0 Å². The molecule has 3 aromatic rings. The molecule has 2 heterocycles. The number of esters is 1. The zero-order valence-electron chi connectivity index (χ0n) is 17.5. The van der Waals surface area contributed by atoms with Gasteiger partial charge in [-0.3, -0.25) is 4.79 Å². The number of aromatic nitrogens is 2. The lowest BCUT2D eigenvalue weighted by Crippen LogP contribution is -2.16. The summed E-state index contributed by atoms with van der Waals surface area (Å²) in [5.41, 5.74) is 10.6. The van der Waals surface area contributed by atoms with E-state index in [0.29, 0.717) is 16.4 Å². The largest absolute Gasteiger partial charge is 0.465 e. The van der Waals surface area contributed by atoms with Crippen molar-refractivity contribution in [3.63, 3.8) is 0 Å². The lowest BCUT2D eigenvalue weighted by atomic mass is 10.2. The predicted molar refractivity (Wildman–Crippen MR) is 119 cm³/mol. The van der Waals surface area contributed by atoms with Gasteiger partial charge in [0, 0.05) is 33.7 Å². The minimum absolute atomic E-state index is 0.134. The fourth-order valence-electron chi connectivity index (χ4n) is 3.29. The quantitative estimate of drug-likeness (QED) is 0.346. The lowest BCUT2D eigenvalue weighted by molar-refractivity contribution is -0.114. The van der Waals surface area contributed by atoms with E-state index in [0.717, 1.165) is 28.3 Å². The Morgan fingerprint density at radius 3 is 2.52 bits per heavy atom. The number of carbonyl (C=O) groups is 2. The van der Waals surface area contributed by atoms with Gasteiger partial charge in [-0.2, -0.15) is 5.26 Å². The summed E-state index contributed by atoms with van der Waals surface area (Å²) < 4.78 is 6.83. The van der Waals surface area contributed by atoms with Crippen molar-refractivity contribution in [3.8, 4) is 23.0 Å². The van der Waals surface area contributed by atoms with Crippen molar-refractivity contribution in [2.75, 3.05) is 12.4 Å². The van der Waals surface area contributed by atoms with Crippen LogP contribution in [-0.2, 0) is 9.53 Å². The second-order valence-electron chi connectivity index (χ2n) is 6.80. The Hall–Kier alpha value is -3.90. The first-order valence-corrected chi connectivity index (χ1v) is 10.2. The topological polar surface area (TPSA) is 123 Å². The van der Waals surface area contributed by atoms with E-state index in [4.69, 9.17) is 15.7 Å². The van der Waals surface area contributed by atoms with E-state index in [1.807, 2.05) is 37.4 Å². The van der Waals surface area contributed by atoms with Gasteiger partial charge >= 0.3 is 5.97 Å². The number of thiazole rings is 1. The maximum atomic E-state index is 11.7. The van der Waals surface area contributed by atoms with Crippen LogP contribution in [0.2, 0.25) is 0 Å². The van der Waals surface area contributed by atoms with Crippen LogP contribution in [0, 0.1) is 25.2 Å². The number of hydrogen-bond donors (Lipinski definition) is 2. The zero-order valence-corrected chi connectivity index (χ0v) is 18.3. The maximum Gasteiger partial charge on any atom is 0.337 e. The number of amides is 1. The van der Waals surface area contributed by atoms with E-state index >= 15 is 0 Å². The highest BCUT2D eigenvalue weighted by molar-refractivity contribution is 7.14. The zero-order chi connectivity index (χ0) is 22.7. The second kappa shape index (κ2) is 8.85. The summed E-state index contributed by atoms with van der Waals surface area (Å²) in [5.74, 6) is -1.16. The number of rotatable bonds is 6. The molecular weight excluding hydrogens is 414 g/mol. The van der Waals surface area contributed by atoms with Gasteiger partial charge in [-0.1, -0.05) is 0 Å². The standard InChI is InChI=1S/C22H21N5O3S/c1-12-9-17(14(3)27(12)16-7-5-15(6-8-16)21(29)30-4)19-11-31-22(26-19)25-13(2)18(10-23)20(24)28/h5-9,11H,1-4H3,(H2,24,28)(H,25,26)/b18-13-. The SMILES string of the molecule is COC(=O)c1ccc(-n2c(C)cc(-c3csc(N/C(C)=C(/C#N)C(N)=O)n3)c2C)cc1. The third-order valence-corrected chi connectivity index (χ3v) is 5.54. The summed E-state index contributed by atoms with van der Waals surface area (Å²) in [7, 11) is 1.35. The van der Waals surface area contributed by atoms with Crippen molar-refractivity contribution in [1.82, 2.24) is 9.55 Å². The molecule has 0 unspecified atom stereocenters. The first-order valence-electron chi connectivity index (χ1n) is 9.28. The van der Waals surface area contributed by atoms with Gasteiger partial charge in [-0.25, -0.2) is 9.78 Å². The summed E-state index contributed by atoms with van der Waals surface area (Å²) >= 11 is 1.36. The summed E-state index contributed by atoms with van der Waals surface area (Å²) in [4.78, 5) is 27.6. The van der Waals surface area contributed by atoms with Crippen LogP contribution in [0.1, 0.15) is 28.7 Å². The van der Waals surface area contributed by atoms with E-state index < -0.39 is 5.91 Å². The van der Waals surface area contributed by atoms with Crippen molar-refractivity contribution in [1.29, 1.82) is 5.26 Å². The lowest BCUT2D eigenvalue weighted by Gasteiger charge is -2.10. The van der Waals surface area contributed by atoms with Crippen LogP contribution in [0.25, 0.3) is 16.9 Å². The first-order chi connectivity index (χ1) is 14.8. The van der Waals surface area contributed by atoms with E-state index in [1.165, 1.54) is 18.4 Å². The number of aryl methyl sites for hydroxylation is 1. The molecule has 0 aliphatic rings. The summed E-state index contributed by atoms with van der Waals surface area (Å²) in [6.45, 7) is 5.60. The van der Waals surface area contributed by atoms with E-state index in [-0.39, 0.29) is 11.5 Å². The fraction of sp³-hybridized carbons (Fsp3) is 0.182. The molecule has 1 amide bonds. The number of nitriles is 1. The van der Waals surface area contributed by atoms with Gasteiger partial charge in [0.15, 0.2) is 5.13 Å². The van der Waals surface area contributed by atoms with Crippen LogP contribution in [-0.4, -0.2) is 28.5 Å². The molecule has 2 aromatic heterocycles. The number of nitrogens with two attached hydrogens (primary N) is 1. The Morgan fingerprint density at radius 2 is 1.94 bits per heavy atom. The number of ether oxygens (including phenoxy) is 1. The molecule has 3 N–H and O–H groups in total. The minimum Gasteiger partial charge on any atom is -0.465 e. The van der Waals surface area contributed by atoms with Gasteiger partial charge in [-0.05, 0) is 51.1 Å². The molecule has 0 fully saturated rings. The third kappa shape index (κ3) is 4.34. The number of benzene rings is 1. The van der Waals surface area contributed by atoms with Crippen molar-refractivity contribution < 1.29 is 14.3 Å². The molecular formula is C22H21N5O3S. The summed E-state index contributed by atoms with van der Waals surface area (Å²) in [6.07, 6.45) is 0.